The second kappa shape index (κ2) is 6.56. The summed E-state index contributed by atoms with van der Waals surface area (Å²) < 4.78 is 24.5. The first-order valence-corrected chi connectivity index (χ1v) is 7.31. The number of nitrogens with one attached hydrogen (secondary N) is 2. The van der Waals surface area contributed by atoms with E-state index in [4.69, 9.17) is 9.47 Å². The molecule has 6 heteroatoms. The third kappa shape index (κ3) is 3.21. The Hall–Kier alpha value is -2.76. The highest BCUT2D eigenvalue weighted by Gasteiger charge is 2.23. The number of benzene rings is 2. The van der Waals surface area contributed by atoms with Crippen LogP contribution in [0, 0.1) is 5.82 Å². The molecular weight excluding hydrogens is 299 g/mol. The molecule has 120 valence electrons. The van der Waals surface area contributed by atoms with Gasteiger partial charge in [0.15, 0.2) is 5.82 Å². The van der Waals surface area contributed by atoms with Gasteiger partial charge in [-0.3, -0.25) is 0 Å². The Kier molecular flexibility index (Phi) is 4.32. The van der Waals surface area contributed by atoms with E-state index in [1.165, 1.54) is 19.2 Å². The Morgan fingerprint density at radius 2 is 2.09 bits per heavy atom. The fourth-order valence-electron chi connectivity index (χ4n) is 2.60. The van der Waals surface area contributed by atoms with Crippen LogP contribution in [0.4, 0.5) is 14.9 Å². The number of hydrogen-bond donors (Lipinski definition) is 2. The molecule has 5 nitrogen and oxygen atoms in total. The lowest BCUT2D eigenvalue weighted by Gasteiger charge is -2.26. The van der Waals surface area contributed by atoms with E-state index in [0.717, 1.165) is 11.3 Å². The van der Waals surface area contributed by atoms with Gasteiger partial charge in [0.2, 0.25) is 0 Å². The van der Waals surface area contributed by atoms with E-state index in [1.54, 1.807) is 6.07 Å². The van der Waals surface area contributed by atoms with Crippen LogP contribution in [-0.4, -0.2) is 19.7 Å². The molecule has 1 atom stereocenters. The summed E-state index contributed by atoms with van der Waals surface area (Å²) in [5.74, 6) is 0.479. The summed E-state index contributed by atoms with van der Waals surface area (Å²) in [4.78, 5) is 12.2. The highest BCUT2D eigenvalue weighted by atomic mass is 19.1. The predicted molar refractivity (Wildman–Crippen MR) is 84.4 cm³/mol. The lowest BCUT2D eigenvalue weighted by atomic mass is 10.0. The van der Waals surface area contributed by atoms with E-state index in [0.29, 0.717) is 13.0 Å². The van der Waals surface area contributed by atoms with Crippen molar-refractivity contribution in [1.82, 2.24) is 5.32 Å². The van der Waals surface area contributed by atoms with Crippen LogP contribution in [0.2, 0.25) is 0 Å². The number of para-hydroxylation sites is 2. The average molecular weight is 316 g/mol. The molecule has 1 aliphatic rings. The van der Waals surface area contributed by atoms with E-state index in [-0.39, 0.29) is 17.5 Å². The first-order chi connectivity index (χ1) is 11.2. The molecule has 1 heterocycles. The molecular formula is C17H17FN2O3. The summed E-state index contributed by atoms with van der Waals surface area (Å²) in [6.45, 7) is 0.519. The largest absolute Gasteiger partial charge is 0.494 e. The number of fused-ring (bicyclic) bond motifs is 1. The summed E-state index contributed by atoms with van der Waals surface area (Å²) >= 11 is 0. The molecule has 23 heavy (non-hydrogen) atoms. The Labute approximate surface area is 133 Å². The zero-order valence-corrected chi connectivity index (χ0v) is 12.6. The molecule has 0 spiro atoms. The maximum absolute atomic E-state index is 13.9. The van der Waals surface area contributed by atoms with Crippen molar-refractivity contribution in [3.05, 3.63) is 53.8 Å². The van der Waals surface area contributed by atoms with Gasteiger partial charge in [0.25, 0.3) is 0 Å². The van der Waals surface area contributed by atoms with Crippen molar-refractivity contribution in [3.63, 3.8) is 0 Å². The highest BCUT2D eigenvalue weighted by Crippen LogP contribution is 2.32. The monoisotopic (exact) mass is 316 g/mol. The van der Waals surface area contributed by atoms with Gasteiger partial charge in [-0.2, -0.15) is 0 Å². The summed E-state index contributed by atoms with van der Waals surface area (Å²) in [7, 11) is 1.42. The van der Waals surface area contributed by atoms with Crippen LogP contribution in [0.3, 0.4) is 0 Å². The quantitative estimate of drug-likeness (QED) is 0.911. The van der Waals surface area contributed by atoms with Crippen LogP contribution in [0.1, 0.15) is 18.0 Å². The molecule has 0 aromatic heterocycles. The van der Waals surface area contributed by atoms with Crippen molar-refractivity contribution >= 4 is 11.7 Å². The number of ether oxygens (including phenoxy) is 2. The van der Waals surface area contributed by atoms with E-state index >= 15 is 0 Å². The van der Waals surface area contributed by atoms with Crippen molar-refractivity contribution in [2.75, 3.05) is 19.0 Å². The molecule has 2 aromatic carbocycles. The number of halogens is 1. The van der Waals surface area contributed by atoms with Crippen LogP contribution in [0.15, 0.2) is 42.5 Å². The van der Waals surface area contributed by atoms with E-state index in [2.05, 4.69) is 10.6 Å². The minimum Gasteiger partial charge on any atom is -0.494 e. The maximum Gasteiger partial charge on any atom is 0.319 e. The van der Waals surface area contributed by atoms with E-state index in [1.807, 2.05) is 24.3 Å². The molecule has 0 saturated carbocycles. The lowest BCUT2D eigenvalue weighted by molar-refractivity contribution is 0.232. The molecule has 0 fully saturated rings. The van der Waals surface area contributed by atoms with Crippen molar-refractivity contribution < 1.29 is 18.7 Å². The third-order valence-electron chi connectivity index (χ3n) is 3.70. The standard InChI is InChI=1S/C17H17FN2O3/c1-22-15-8-4-6-12(18)16(15)20-17(21)19-13-9-10-23-14-7-3-2-5-11(13)14/h2-8,13H,9-10H2,1H3,(H2,19,20,21)/t13-/m0/s1. The molecule has 2 amide bonds. The Bertz CT molecular complexity index is 721. The molecule has 0 radical (unpaired) electrons. The molecule has 3 rings (SSSR count). The second-order valence-corrected chi connectivity index (χ2v) is 5.14. The van der Waals surface area contributed by atoms with E-state index < -0.39 is 11.8 Å². The molecule has 0 aliphatic carbocycles. The van der Waals surface area contributed by atoms with Gasteiger partial charge < -0.3 is 20.1 Å². The average Bonchev–Trinajstić information content (AvgIpc) is 2.57. The van der Waals surface area contributed by atoms with Gasteiger partial charge in [-0.05, 0) is 18.2 Å². The van der Waals surface area contributed by atoms with Crippen molar-refractivity contribution in [2.24, 2.45) is 0 Å². The first-order valence-electron chi connectivity index (χ1n) is 7.31. The van der Waals surface area contributed by atoms with Gasteiger partial charge in [0.05, 0.1) is 19.8 Å². The molecule has 2 aromatic rings. The highest BCUT2D eigenvalue weighted by molar-refractivity contribution is 5.91. The fourth-order valence-corrected chi connectivity index (χ4v) is 2.60. The predicted octanol–water partition coefficient (Wildman–Crippen LogP) is 3.48. The Morgan fingerprint density at radius 3 is 2.91 bits per heavy atom. The van der Waals surface area contributed by atoms with Crippen LogP contribution in [0.5, 0.6) is 11.5 Å². The first kappa shape index (κ1) is 15.1. The number of amides is 2. The summed E-state index contributed by atoms with van der Waals surface area (Å²) in [6, 6.07) is 11.2. The fraction of sp³-hybridized carbons (Fsp3) is 0.235. The van der Waals surface area contributed by atoms with Gasteiger partial charge in [-0.15, -0.1) is 0 Å². The van der Waals surface area contributed by atoms with Crippen LogP contribution < -0.4 is 20.1 Å². The number of methoxy groups -OCH3 is 1. The van der Waals surface area contributed by atoms with Gasteiger partial charge in [0, 0.05) is 12.0 Å². The number of urea groups is 1. The lowest BCUT2D eigenvalue weighted by Crippen LogP contribution is -2.35. The maximum atomic E-state index is 13.9. The minimum atomic E-state index is -0.549. The minimum absolute atomic E-state index is 0.0212. The zero-order valence-electron chi connectivity index (χ0n) is 12.6. The number of hydrogen-bond acceptors (Lipinski definition) is 3. The number of carbonyl (C=O) groups is 1. The Balaban J connectivity index is 1.74. The van der Waals surface area contributed by atoms with Crippen LogP contribution >= 0.6 is 0 Å². The van der Waals surface area contributed by atoms with E-state index in [9.17, 15) is 9.18 Å². The van der Waals surface area contributed by atoms with Gasteiger partial charge >= 0.3 is 6.03 Å². The zero-order chi connectivity index (χ0) is 16.2. The van der Waals surface area contributed by atoms with Gasteiger partial charge in [-0.1, -0.05) is 24.3 Å². The van der Waals surface area contributed by atoms with Gasteiger partial charge in [-0.25, -0.2) is 9.18 Å². The number of anilines is 1. The van der Waals surface area contributed by atoms with Gasteiger partial charge in [0.1, 0.15) is 17.2 Å². The van der Waals surface area contributed by atoms with Crippen LogP contribution in [0.25, 0.3) is 0 Å². The second-order valence-electron chi connectivity index (χ2n) is 5.14. The summed E-state index contributed by atoms with van der Waals surface area (Å²) in [5, 5.41) is 5.37. The third-order valence-corrected chi connectivity index (χ3v) is 3.70. The topological polar surface area (TPSA) is 59.6 Å². The SMILES string of the molecule is COc1cccc(F)c1NC(=O)N[C@H]1CCOc2ccccc21. The summed E-state index contributed by atoms with van der Waals surface area (Å²) in [5.41, 5.74) is 0.933. The number of rotatable bonds is 3. The normalized spacial score (nSPS) is 16.0. The molecule has 0 bridgehead atoms. The molecule has 0 unspecified atom stereocenters. The van der Waals surface area contributed by atoms with Crippen molar-refractivity contribution in [3.8, 4) is 11.5 Å². The smallest absolute Gasteiger partial charge is 0.319 e. The Morgan fingerprint density at radius 1 is 1.26 bits per heavy atom. The van der Waals surface area contributed by atoms with Crippen molar-refractivity contribution in [1.29, 1.82) is 0 Å². The number of carbonyl (C=O) groups excluding carboxylic acids is 1. The molecule has 2 N–H and O–H groups in total. The van der Waals surface area contributed by atoms with Crippen LogP contribution in [-0.2, 0) is 0 Å². The molecule has 0 saturated heterocycles. The molecule has 1 aliphatic heterocycles. The summed E-state index contributed by atoms with van der Waals surface area (Å²) in [6.07, 6.45) is 0.652. The van der Waals surface area contributed by atoms with Crippen molar-refractivity contribution in [2.45, 2.75) is 12.5 Å².